The molecule has 0 spiro atoms. The lowest BCUT2D eigenvalue weighted by Gasteiger charge is -2.32. The number of aryl methyl sites for hydroxylation is 2. The smallest absolute Gasteiger partial charge is 0.258 e. The van der Waals surface area contributed by atoms with Crippen LogP contribution in [0.5, 0.6) is 46.0 Å². The van der Waals surface area contributed by atoms with Gasteiger partial charge in [0.15, 0.2) is 69.3 Å². The van der Waals surface area contributed by atoms with E-state index >= 15 is 0 Å². The molecule has 2 saturated heterocycles. The van der Waals surface area contributed by atoms with Crippen molar-refractivity contribution in [3.63, 3.8) is 0 Å². The van der Waals surface area contributed by atoms with Crippen LogP contribution in [0.3, 0.4) is 0 Å². The summed E-state index contributed by atoms with van der Waals surface area (Å²) in [5.74, 6) is 12.5. The molecule has 2 aliphatic heterocycles. The number of aromatic nitrogens is 15. The zero-order chi connectivity index (χ0) is 96.0. The van der Waals surface area contributed by atoms with Crippen molar-refractivity contribution in [2.24, 2.45) is 13.0 Å². The van der Waals surface area contributed by atoms with Gasteiger partial charge in [-0.1, -0.05) is 65.7 Å². The van der Waals surface area contributed by atoms with Gasteiger partial charge in [-0.3, -0.25) is 24.7 Å². The fourth-order valence-corrected chi connectivity index (χ4v) is 15.0. The third-order valence-corrected chi connectivity index (χ3v) is 21.9. The van der Waals surface area contributed by atoms with Gasteiger partial charge in [0.1, 0.15) is 5.82 Å². The van der Waals surface area contributed by atoms with E-state index in [-0.39, 0.29) is 17.7 Å². The molecular weight excluding hydrogens is 1730 g/mol. The van der Waals surface area contributed by atoms with Crippen molar-refractivity contribution >= 4 is 17.6 Å². The molecule has 708 valence electrons. The molecule has 2 aliphatic rings. The second kappa shape index (κ2) is 48.4. The molecule has 33 nitrogen and oxygen atoms in total. The molecular formula is C103H118N20O13. The standard InChI is InChI=1S/C25H30N4O4.C24H28N4O4.C19H22N4O.C18H20N4O2.C17H18N4O2/c1-5-31-21-10-8-18(16-22(21)32-6-2)24-26-23(27-33-24)20-9-7-19(15-17(20)3)25(30)29-13-11-28(4)12-14-29;1-4-30-20-9-7-17(15-21(20)31-5-2)23-26-22(27-32-23)19-8-6-18(14-16(19)3)24(29)28-12-10-25-11-13-28;1-12(2)10-14-4-6-15(7-5-14)13(3)19-22-18(23-24-19)16-8-9-21-17(20)11-16;1-4-23-15-7-6-14(12-16(15)24-5-2)18-21-20-17(22(18)3)13-8-10-19-11-9-13;1-3-22-14-6-5-13(11-15(14)23-4-2)17-19-16(20-21-17)12-7-9-18-10-8-12/h7-10,15-16H,5-6,11-14H2,1-4H3;6-9,14-15,25H,4-5,10-13H2,1-3H3;4-9,11-13H,10H2,1-3H3,(H2,20,21);6-12H,4-5H2,1-3H3;5-11H,3-4H2,1-2H3,(H,19,20,21). The summed E-state index contributed by atoms with van der Waals surface area (Å²) in [5, 5.41) is 31.5. The molecule has 1 atom stereocenters. The minimum atomic E-state index is 0.0403. The first-order chi connectivity index (χ1) is 66.2. The van der Waals surface area contributed by atoms with Crippen LogP contribution in [0, 0.1) is 19.8 Å². The van der Waals surface area contributed by atoms with E-state index in [1.807, 2.05) is 230 Å². The van der Waals surface area contributed by atoms with Crippen LogP contribution in [-0.4, -0.2) is 214 Å². The van der Waals surface area contributed by atoms with E-state index in [1.54, 1.807) is 37.1 Å². The average Bonchev–Trinajstić information content (AvgIpc) is 1.61. The van der Waals surface area contributed by atoms with Crippen LogP contribution in [-0.2, 0) is 13.5 Å². The van der Waals surface area contributed by atoms with E-state index in [4.69, 9.17) is 57.2 Å². The van der Waals surface area contributed by atoms with E-state index in [9.17, 15) is 9.59 Å². The second-order valence-electron chi connectivity index (χ2n) is 32.0. The number of hydrogen-bond acceptors (Lipinski definition) is 29. The summed E-state index contributed by atoms with van der Waals surface area (Å²) in [7, 11) is 4.02. The van der Waals surface area contributed by atoms with Gasteiger partial charge >= 0.3 is 0 Å². The second-order valence-corrected chi connectivity index (χ2v) is 32.0. The van der Waals surface area contributed by atoms with E-state index in [2.05, 4.69) is 133 Å². The molecule has 8 aromatic heterocycles. The molecule has 10 heterocycles. The molecule has 0 aliphatic carbocycles. The SMILES string of the molecule is CC(C)Cc1ccc(C(C)c2nc(-c3ccnc(N)c3)no2)cc1.CCOc1ccc(-c2n[nH]c(-c3ccncc3)n2)cc1OCC.CCOc1ccc(-c2nc(-c3ccc(C(=O)N4CCN(C)CC4)cc3C)no2)cc1OCC.CCOc1ccc(-c2nc(-c3ccc(C(=O)N4CCNCC4)cc3C)no2)cc1OCC.CCOc1ccc(-c2nnc(-c3ccncc3)n2C)cc1OCC. The summed E-state index contributed by atoms with van der Waals surface area (Å²) in [6.45, 7) is 36.8. The number of rotatable bonds is 31. The number of carbonyl (C=O) groups is 2. The van der Waals surface area contributed by atoms with Gasteiger partial charge in [0.2, 0.25) is 23.4 Å². The summed E-state index contributed by atoms with van der Waals surface area (Å²) < 4.78 is 63.6. The summed E-state index contributed by atoms with van der Waals surface area (Å²) in [6, 6.07) is 53.6. The van der Waals surface area contributed by atoms with Gasteiger partial charge in [-0.05, 0) is 251 Å². The molecule has 0 radical (unpaired) electrons. The monoisotopic (exact) mass is 1840 g/mol. The molecule has 1 unspecified atom stereocenters. The molecule has 7 aromatic carbocycles. The summed E-state index contributed by atoms with van der Waals surface area (Å²) in [5.41, 5.74) is 19.1. The van der Waals surface area contributed by atoms with Crippen LogP contribution in [0.2, 0.25) is 0 Å². The number of hydrogen-bond donors (Lipinski definition) is 3. The maximum atomic E-state index is 12.9. The van der Waals surface area contributed by atoms with Gasteiger partial charge in [-0.25, -0.2) is 9.97 Å². The highest BCUT2D eigenvalue weighted by molar-refractivity contribution is 5.96. The van der Waals surface area contributed by atoms with Gasteiger partial charge in [-0.15, -0.1) is 10.2 Å². The lowest BCUT2D eigenvalue weighted by Crippen LogP contribution is -2.47. The summed E-state index contributed by atoms with van der Waals surface area (Å²) in [4.78, 5) is 61.9. The number of nitrogens with two attached hydrogens (primary N) is 1. The van der Waals surface area contributed by atoms with Crippen LogP contribution >= 0.6 is 0 Å². The first-order valence-corrected chi connectivity index (χ1v) is 45.9. The lowest BCUT2D eigenvalue weighted by molar-refractivity contribution is 0.0663. The maximum absolute atomic E-state index is 12.9. The molecule has 15 aromatic rings. The Bertz CT molecular complexity index is 6370. The molecule has 4 N–H and O–H groups in total. The quantitative estimate of drug-likeness (QED) is 0.0363. The third kappa shape index (κ3) is 25.6. The first-order valence-electron chi connectivity index (χ1n) is 45.9. The zero-order valence-corrected chi connectivity index (χ0v) is 79.7. The predicted octanol–water partition coefficient (Wildman–Crippen LogP) is 18.2. The Morgan fingerprint density at radius 3 is 1.30 bits per heavy atom. The number of H-pyrrole nitrogens is 1. The number of ether oxygens (including phenoxy) is 8. The first kappa shape index (κ1) is 98.3. The van der Waals surface area contributed by atoms with Crippen molar-refractivity contribution in [1.29, 1.82) is 0 Å². The Labute approximate surface area is 791 Å². The van der Waals surface area contributed by atoms with Crippen molar-refractivity contribution in [2.75, 3.05) is 118 Å². The van der Waals surface area contributed by atoms with E-state index in [0.29, 0.717) is 157 Å². The number of likely N-dealkylation sites (N-methyl/N-ethyl adjacent to an activating group) is 1. The molecule has 136 heavy (non-hydrogen) atoms. The van der Waals surface area contributed by atoms with E-state index < -0.39 is 0 Å². The van der Waals surface area contributed by atoms with Crippen LogP contribution in [0.1, 0.15) is 131 Å². The van der Waals surface area contributed by atoms with Crippen molar-refractivity contribution in [2.45, 2.75) is 102 Å². The van der Waals surface area contributed by atoms with Gasteiger partial charge in [0.25, 0.3) is 23.6 Å². The number of pyridine rings is 3. The molecule has 17 rings (SSSR count). The van der Waals surface area contributed by atoms with Gasteiger partial charge in [0, 0.05) is 152 Å². The number of nitrogens with zero attached hydrogens (tertiary/aromatic N) is 17. The Hall–Kier alpha value is -15.3. The number of aromatic amines is 1. The van der Waals surface area contributed by atoms with Gasteiger partial charge in [-0.2, -0.15) is 20.1 Å². The highest BCUT2D eigenvalue weighted by atomic mass is 16.5. The van der Waals surface area contributed by atoms with Crippen molar-refractivity contribution in [3.05, 3.63) is 240 Å². The summed E-state index contributed by atoms with van der Waals surface area (Å²) in [6.07, 6.45) is 9.66. The Balaban J connectivity index is 0.000000145. The Kier molecular flexibility index (Phi) is 35.0. The number of anilines is 1. The fourth-order valence-electron chi connectivity index (χ4n) is 15.0. The topological polar surface area (TPSA) is 383 Å². The lowest BCUT2D eigenvalue weighted by atomic mass is 9.97. The highest BCUT2D eigenvalue weighted by Crippen LogP contribution is 2.39. The Morgan fingerprint density at radius 1 is 0.412 bits per heavy atom. The number of piperazine rings is 2. The number of amides is 2. The van der Waals surface area contributed by atoms with E-state index in [1.165, 1.54) is 5.56 Å². The fraction of sp³-hybridized carbons (Fsp3) is 0.330. The van der Waals surface area contributed by atoms with E-state index in [0.717, 1.165) is 149 Å². The molecule has 2 amide bonds. The van der Waals surface area contributed by atoms with Crippen LogP contribution < -0.4 is 48.9 Å². The number of benzene rings is 7. The minimum absolute atomic E-state index is 0.0403. The molecule has 0 saturated carbocycles. The van der Waals surface area contributed by atoms with Gasteiger partial charge < -0.3 is 81.8 Å². The largest absolute Gasteiger partial charge is 0.490 e. The van der Waals surface area contributed by atoms with Crippen LogP contribution in [0.4, 0.5) is 5.82 Å². The number of nitrogen functional groups attached to an aromatic ring is 1. The third-order valence-electron chi connectivity index (χ3n) is 21.9. The summed E-state index contributed by atoms with van der Waals surface area (Å²) >= 11 is 0. The number of carbonyl (C=O) groups excluding carboxylic acids is 2. The Morgan fingerprint density at radius 2 is 0.831 bits per heavy atom. The van der Waals surface area contributed by atoms with Crippen molar-refractivity contribution in [1.82, 2.24) is 95.3 Å². The maximum Gasteiger partial charge on any atom is 0.258 e. The van der Waals surface area contributed by atoms with Crippen molar-refractivity contribution < 1.29 is 61.1 Å². The predicted molar refractivity (Wildman–Crippen MR) is 521 cm³/mol. The zero-order valence-electron chi connectivity index (χ0n) is 79.7. The average molecular weight is 1840 g/mol. The van der Waals surface area contributed by atoms with Crippen LogP contribution in [0.15, 0.2) is 214 Å². The highest BCUT2D eigenvalue weighted by Gasteiger charge is 2.27. The van der Waals surface area contributed by atoms with Gasteiger partial charge in [0.05, 0.1) is 58.8 Å². The normalized spacial score (nSPS) is 12.6. The van der Waals surface area contributed by atoms with Crippen LogP contribution in [0.25, 0.3) is 103 Å². The van der Waals surface area contributed by atoms with Crippen molar-refractivity contribution in [3.8, 4) is 149 Å². The number of nitrogens with one attached hydrogen (secondary N) is 2. The minimum Gasteiger partial charge on any atom is -0.490 e. The molecule has 33 heteroatoms. The molecule has 0 bridgehead atoms. The molecule has 2 fully saturated rings.